The van der Waals surface area contributed by atoms with Crippen LogP contribution in [0.25, 0.3) is 10.9 Å². The van der Waals surface area contributed by atoms with Crippen molar-refractivity contribution < 1.29 is 14.6 Å². The van der Waals surface area contributed by atoms with Crippen molar-refractivity contribution in [2.24, 2.45) is 0 Å². The Morgan fingerprint density at radius 3 is 2.65 bits per heavy atom. The van der Waals surface area contributed by atoms with Gasteiger partial charge in [-0.25, -0.2) is 4.79 Å². The second-order valence-corrected chi connectivity index (χ2v) is 7.63. The first-order chi connectivity index (χ1) is 10.6. The van der Waals surface area contributed by atoms with Crippen molar-refractivity contribution in [2.45, 2.75) is 45.4 Å². The van der Waals surface area contributed by atoms with Crippen molar-refractivity contribution >= 4 is 32.9 Å². The zero-order chi connectivity index (χ0) is 17.0. The Labute approximate surface area is 143 Å². The smallest absolute Gasteiger partial charge is 0.412 e. The normalized spacial score (nSPS) is 23.6. The topological polar surface area (TPSA) is 65.6 Å². The number of benzene rings is 1. The van der Waals surface area contributed by atoms with Crippen LogP contribution in [0.2, 0.25) is 0 Å². The minimum Gasteiger partial charge on any atom is -0.438 e. The average molecular weight is 381 g/mol. The molecule has 6 heteroatoms. The van der Waals surface area contributed by atoms with Gasteiger partial charge in [-0.05, 0) is 57.9 Å². The van der Waals surface area contributed by atoms with Crippen LogP contribution >= 0.6 is 15.9 Å². The molecule has 23 heavy (non-hydrogen) atoms. The minimum atomic E-state index is -1.33. The maximum atomic E-state index is 12.1. The SMILES string of the molecule is Cc1[nH]c2ccc(Br)cc2c1CCN1C(=O)OC(C)(C)[C@@]1(C)O. The van der Waals surface area contributed by atoms with E-state index in [-0.39, 0.29) is 0 Å². The number of H-pyrrole nitrogens is 1. The number of carbonyl (C=O) groups is 1. The number of amides is 1. The number of ether oxygens (including phenoxy) is 1. The maximum Gasteiger partial charge on any atom is 0.412 e. The lowest BCUT2D eigenvalue weighted by atomic mass is 9.95. The van der Waals surface area contributed by atoms with Gasteiger partial charge in [0.05, 0.1) is 0 Å². The van der Waals surface area contributed by atoms with Crippen LogP contribution < -0.4 is 0 Å². The van der Waals surface area contributed by atoms with Gasteiger partial charge in [-0.1, -0.05) is 15.9 Å². The number of hydrogen-bond acceptors (Lipinski definition) is 3. The summed E-state index contributed by atoms with van der Waals surface area (Å²) in [7, 11) is 0. The molecule has 2 aromatic rings. The first-order valence-electron chi connectivity index (χ1n) is 7.63. The summed E-state index contributed by atoms with van der Waals surface area (Å²) in [6.45, 7) is 7.48. The van der Waals surface area contributed by atoms with E-state index in [9.17, 15) is 9.90 Å². The lowest BCUT2D eigenvalue weighted by Crippen LogP contribution is -2.54. The van der Waals surface area contributed by atoms with Gasteiger partial charge in [-0.3, -0.25) is 4.90 Å². The van der Waals surface area contributed by atoms with Gasteiger partial charge in [0.15, 0.2) is 11.3 Å². The van der Waals surface area contributed by atoms with Crippen LogP contribution in [0.1, 0.15) is 32.0 Å². The maximum absolute atomic E-state index is 12.1. The van der Waals surface area contributed by atoms with Crippen LogP contribution in [0.3, 0.4) is 0 Å². The largest absolute Gasteiger partial charge is 0.438 e. The number of aryl methyl sites for hydroxylation is 1. The molecule has 1 aromatic carbocycles. The summed E-state index contributed by atoms with van der Waals surface area (Å²) < 4.78 is 6.32. The molecule has 1 aromatic heterocycles. The zero-order valence-corrected chi connectivity index (χ0v) is 15.3. The highest BCUT2D eigenvalue weighted by Gasteiger charge is 2.56. The summed E-state index contributed by atoms with van der Waals surface area (Å²) in [4.78, 5) is 16.9. The molecule has 0 radical (unpaired) electrons. The van der Waals surface area contributed by atoms with E-state index in [1.165, 1.54) is 4.90 Å². The fourth-order valence-electron chi connectivity index (χ4n) is 3.08. The number of rotatable bonds is 3. The molecule has 1 aliphatic rings. The van der Waals surface area contributed by atoms with E-state index in [2.05, 4.69) is 27.0 Å². The Kier molecular flexibility index (Phi) is 3.72. The van der Waals surface area contributed by atoms with Gasteiger partial charge < -0.3 is 14.8 Å². The third-order valence-electron chi connectivity index (χ3n) is 4.90. The lowest BCUT2D eigenvalue weighted by molar-refractivity contribution is -0.126. The summed E-state index contributed by atoms with van der Waals surface area (Å²) in [5.74, 6) is 0. The van der Waals surface area contributed by atoms with Crippen molar-refractivity contribution in [3.8, 4) is 0 Å². The van der Waals surface area contributed by atoms with E-state index >= 15 is 0 Å². The van der Waals surface area contributed by atoms with Gasteiger partial charge in [0.1, 0.15) is 0 Å². The van der Waals surface area contributed by atoms with Gasteiger partial charge in [0.25, 0.3) is 0 Å². The Morgan fingerprint density at radius 2 is 2.04 bits per heavy atom. The molecular formula is C17H21BrN2O3. The summed E-state index contributed by atoms with van der Waals surface area (Å²) in [6, 6.07) is 6.09. The summed E-state index contributed by atoms with van der Waals surface area (Å²) >= 11 is 3.50. The fraction of sp³-hybridized carbons (Fsp3) is 0.471. The Morgan fingerprint density at radius 1 is 1.35 bits per heavy atom. The predicted octanol–water partition coefficient (Wildman–Crippen LogP) is 3.72. The molecule has 0 spiro atoms. The molecule has 3 rings (SSSR count). The number of hydrogen-bond donors (Lipinski definition) is 2. The van der Waals surface area contributed by atoms with Crippen molar-refractivity contribution in [3.63, 3.8) is 0 Å². The third kappa shape index (κ3) is 2.54. The highest BCUT2D eigenvalue weighted by Crippen LogP contribution is 2.37. The van der Waals surface area contributed by atoms with Crippen LogP contribution in [-0.2, 0) is 11.2 Å². The minimum absolute atomic E-state index is 0.398. The third-order valence-corrected chi connectivity index (χ3v) is 5.39. The molecule has 0 saturated carbocycles. The summed E-state index contributed by atoms with van der Waals surface area (Å²) in [6.07, 6.45) is 0.169. The second kappa shape index (κ2) is 5.24. The number of nitrogens with one attached hydrogen (secondary N) is 1. The van der Waals surface area contributed by atoms with Crippen molar-refractivity contribution in [1.82, 2.24) is 9.88 Å². The average Bonchev–Trinajstić information content (AvgIpc) is 2.80. The molecule has 2 N–H and O–H groups in total. The van der Waals surface area contributed by atoms with Crippen LogP contribution in [0.5, 0.6) is 0 Å². The van der Waals surface area contributed by atoms with E-state index in [1.54, 1.807) is 20.8 Å². The quantitative estimate of drug-likeness (QED) is 0.852. The Balaban J connectivity index is 1.88. The monoisotopic (exact) mass is 380 g/mol. The second-order valence-electron chi connectivity index (χ2n) is 6.72. The van der Waals surface area contributed by atoms with Gasteiger partial charge in [-0.2, -0.15) is 0 Å². The van der Waals surface area contributed by atoms with Crippen LogP contribution in [-0.4, -0.2) is 39.0 Å². The number of cyclic esters (lactones) is 1. The number of aromatic amines is 1. The Hall–Kier alpha value is -1.53. The van der Waals surface area contributed by atoms with E-state index in [4.69, 9.17) is 4.74 Å². The van der Waals surface area contributed by atoms with Gasteiger partial charge in [0, 0.05) is 27.6 Å². The van der Waals surface area contributed by atoms with E-state index in [1.807, 2.05) is 19.1 Å². The molecule has 0 unspecified atom stereocenters. The van der Waals surface area contributed by atoms with E-state index < -0.39 is 17.4 Å². The van der Waals surface area contributed by atoms with Crippen LogP contribution in [0.4, 0.5) is 4.79 Å². The van der Waals surface area contributed by atoms with E-state index in [0.29, 0.717) is 13.0 Å². The molecule has 1 atom stereocenters. The van der Waals surface area contributed by atoms with Crippen molar-refractivity contribution in [3.05, 3.63) is 33.9 Å². The Bertz CT molecular complexity index is 779. The standard InChI is InChI=1S/C17H21BrN2O3/c1-10-12(13-9-11(18)5-6-14(13)19-10)7-8-20-15(21)23-16(2,3)17(20,4)22/h5-6,9,19,22H,7-8H2,1-4H3/t17-/m1/s1. The van der Waals surface area contributed by atoms with Crippen molar-refractivity contribution in [1.29, 1.82) is 0 Å². The number of nitrogens with zero attached hydrogens (tertiary/aromatic N) is 1. The highest BCUT2D eigenvalue weighted by molar-refractivity contribution is 9.10. The molecule has 5 nitrogen and oxygen atoms in total. The molecule has 1 aliphatic heterocycles. The molecule has 1 saturated heterocycles. The number of aliphatic hydroxyl groups is 1. The predicted molar refractivity (Wildman–Crippen MR) is 92.3 cm³/mol. The van der Waals surface area contributed by atoms with Gasteiger partial charge >= 0.3 is 6.09 Å². The molecule has 2 heterocycles. The number of carbonyl (C=O) groups excluding carboxylic acids is 1. The highest BCUT2D eigenvalue weighted by atomic mass is 79.9. The molecule has 1 amide bonds. The van der Waals surface area contributed by atoms with Gasteiger partial charge in [-0.15, -0.1) is 0 Å². The first-order valence-corrected chi connectivity index (χ1v) is 8.42. The van der Waals surface area contributed by atoms with Crippen LogP contribution in [0.15, 0.2) is 22.7 Å². The first kappa shape index (κ1) is 16.3. The molecular weight excluding hydrogens is 360 g/mol. The summed E-state index contributed by atoms with van der Waals surface area (Å²) in [5.41, 5.74) is 1.03. The number of fused-ring (bicyclic) bond motifs is 1. The molecule has 124 valence electrons. The fourth-order valence-corrected chi connectivity index (χ4v) is 3.44. The van der Waals surface area contributed by atoms with E-state index in [0.717, 1.165) is 26.6 Å². The molecule has 0 aliphatic carbocycles. The zero-order valence-electron chi connectivity index (χ0n) is 13.7. The molecule has 1 fully saturated rings. The number of aromatic nitrogens is 1. The van der Waals surface area contributed by atoms with Crippen LogP contribution in [0, 0.1) is 6.92 Å². The van der Waals surface area contributed by atoms with Crippen molar-refractivity contribution in [2.75, 3.05) is 6.54 Å². The molecule has 0 bridgehead atoms. The summed E-state index contributed by atoms with van der Waals surface area (Å²) in [5, 5.41) is 11.8. The number of halogens is 1. The lowest BCUT2D eigenvalue weighted by Gasteiger charge is -2.34. The van der Waals surface area contributed by atoms with Gasteiger partial charge in [0.2, 0.25) is 0 Å².